The Morgan fingerprint density at radius 1 is 1.38 bits per heavy atom. The summed E-state index contributed by atoms with van der Waals surface area (Å²) in [6, 6.07) is 0. The Morgan fingerprint density at radius 3 is 2.69 bits per heavy atom. The van der Waals surface area contributed by atoms with Gasteiger partial charge in [0.1, 0.15) is 6.61 Å². The van der Waals surface area contributed by atoms with Crippen LogP contribution in [0.25, 0.3) is 0 Å². The third-order valence-electron chi connectivity index (χ3n) is 2.44. The largest absolute Gasteiger partial charge is 0.463 e. The predicted molar refractivity (Wildman–Crippen MR) is 65.3 cm³/mol. The summed E-state index contributed by atoms with van der Waals surface area (Å²) >= 11 is 0. The Kier molecular flexibility index (Phi) is 10.1. The number of ether oxygens (including phenoxy) is 2. The molecule has 0 aromatic carbocycles. The number of carbonyl (C=O) groups excluding carboxylic acids is 1. The van der Waals surface area contributed by atoms with Crippen LogP contribution >= 0.6 is 0 Å². The first-order valence-electron chi connectivity index (χ1n) is 6.11. The molecule has 0 aromatic heterocycles. The number of unbranched alkanes of at least 4 members (excludes halogenated alkanes) is 1. The van der Waals surface area contributed by atoms with Crippen LogP contribution in [0.1, 0.15) is 39.5 Å². The minimum atomic E-state index is -0.0850. The highest BCUT2D eigenvalue weighted by Crippen LogP contribution is 2.14. The van der Waals surface area contributed by atoms with Crippen LogP contribution in [0.5, 0.6) is 0 Å². The summed E-state index contributed by atoms with van der Waals surface area (Å²) in [6.45, 7) is 8.98. The van der Waals surface area contributed by atoms with Crippen LogP contribution in [0.4, 0.5) is 0 Å². The summed E-state index contributed by atoms with van der Waals surface area (Å²) < 4.78 is 10.3. The Morgan fingerprint density at radius 2 is 2.12 bits per heavy atom. The standard InChI is InChI=1S/C13H24O3/c1-4-7-8-12(6-3)13(14)16-11-10-15-9-5-2/h5,12H,2,4,6-11H2,1,3H3. The van der Waals surface area contributed by atoms with Crippen molar-refractivity contribution in [1.29, 1.82) is 0 Å². The molecule has 0 radical (unpaired) electrons. The summed E-state index contributed by atoms with van der Waals surface area (Å²) in [7, 11) is 0. The number of carbonyl (C=O) groups is 1. The zero-order valence-electron chi connectivity index (χ0n) is 10.5. The molecule has 0 fully saturated rings. The van der Waals surface area contributed by atoms with Crippen LogP contribution in [0.15, 0.2) is 12.7 Å². The highest BCUT2D eigenvalue weighted by atomic mass is 16.6. The number of hydrogen-bond donors (Lipinski definition) is 0. The molecule has 1 unspecified atom stereocenters. The lowest BCUT2D eigenvalue weighted by atomic mass is 10.00. The molecule has 0 rings (SSSR count). The fraction of sp³-hybridized carbons (Fsp3) is 0.769. The van der Waals surface area contributed by atoms with Gasteiger partial charge in [0.2, 0.25) is 0 Å². The molecule has 3 nitrogen and oxygen atoms in total. The van der Waals surface area contributed by atoms with Crippen LogP contribution in [0.3, 0.4) is 0 Å². The normalized spacial score (nSPS) is 12.1. The molecule has 0 spiro atoms. The van der Waals surface area contributed by atoms with E-state index in [0.717, 1.165) is 25.7 Å². The average molecular weight is 228 g/mol. The van der Waals surface area contributed by atoms with Gasteiger partial charge in [0.25, 0.3) is 0 Å². The molecule has 0 aliphatic rings. The lowest BCUT2D eigenvalue weighted by Gasteiger charge is -2.13. The first-order valence-corrected chi connectivity index (χ1v) is 6.11. The average Bonchev–Trinajstić information content (AvgIpc) is 2.30. The van der Waals surface area contributed by atoms with Crippen molar-refractivity contribution >= 4 is 5.97 Å². The molecule has 0 amide bonds. The fourth-order valence-corrected chi connectivity index (χ4v) is 1.42. The second-order valence-corrected chi connectivity index (χ2v) is 3.78. The van der Waals surface area contributed by atoms with Gasteiger partial charge in [0, 0.05) is 0 Å². The maximum Gasteiger partial charge on any atom is 0.308 e. The highest BCUT2D eigenvalue weighted by Gasteiger charge is 2.16. The van der Waals surface area contributed by atoms with Crippen molar-refractivity contribution in [1.82, 2.24) is 0 Å². The smallest absolute Gasteiger partial charge is 0.308 e. The van der Waals surface area contributed by atoms with E-state index in [1.165, 1.54) is 0 Å². The third kappa shape index (κ3) is 7.46. The van der Waals surface area contributed by atoms with E-state index in [0.29, 0.717) is 19.8 Å². The van der Waals surface area contributed by atoms with Crippen LogP contribution < -0.4 is 0 Å². The summed E-state index contributed by atoms with van der Waals surface area (Å²) in [5.74, 6) is -0.0301. The summed E-state index contributed by atoms with van der Waals surface area (Å²) in [5.41, 5.74) is 0. The van der Waals surface area contributed by atoms with Crippen molar-refractivity contribution in [3.8, 4) is 0 Å². The number of hydrogen-bond acceptors (Lipinski definition) is 3. The summed E-state index contributed by atoms with van der Waals surface area (Å²) in [4.78, 5) is 11.6. The third-order valence-corrected chi connectivity index (χ3v) is 2.44. The zero-order valence-corrected chi connectivity index (χ0v) is 10.5. The molecule has 0 saturated carbocycles. The molecule has 0 aliphatic heterocycles. The second-order valence-electron chi connectivity index (χ2n) is 3.78. The van der Waals surface area contributed by atoms with Crippen molar-refractivity contribution in [3.05, 3.63) is 12.7 Å². The Balaban J connectivity index is 3.62. The van der Waals surface area contributed by atoms with Gasteiger partial charge in [-0.05, 0) is 12.8 Å². The maximum atomic E-state index is 11.6. The van der Waals surface area contributed by atoms with E-state index < -0.39 is 0 Å². The monoisotopic (exact) mass is 228 g/mol. The van der Waals surface area contributed by atoms with E-state index in [9.17, 15) is 4.79 Å². The van der Waals surface area contributed by atoms with E-state index in [4.69, 9.17) is 9.47 Å². The van der Waals surface area contributed by atoms with Gasteiger partial charge in [-0.25, -0.2) is 0 Å². The van der Waals surface area contributed by atoms with Crippen molar-refractivity contribution in [3.63, 3.8) is 0 Å². The van der Waals surface area contributed by atoms with Crippen molar-refractivity contribution in [2.45, 2.75) is 39.5 Å². The molecule has 0 N–H and O–H groups in total. The summed E-state index contributed by atoms with van der Waals surface area (Å²) in [6.07, 6.45) is 5.66. The topological polar surface area (TPSA) is 35.5 Å². The van der Waals surface area contributed by atoms with E-state index >= 15 is 0 Å². The van der Waals surface area contributed by atoms with Gasteiger partial charge < -0.3 is 9.47 Å². The van der Waals surface area contributed by atoms with Crippen LogP contribution in [-0.4, -0.2) is 25.8 Å². The minimum Gasteiger partial charge on any atom is -0.463 e. The molecule has 1 atom stereocenters. The molecule has 0 heterocycles. The van der Waals surface area contributed by atoms with Crippen molar-refractivity contribution in [2.24, 2.45) is 5.92 Å². The molecule has 0 saturated heterocycles. The second kappa shape index (κ2) is 10.7. The fourth-order valence-electron chi connectivity index (χ4n) is 1.42. The lowest BCUT2D eigenvalue weighted by molar-refractivity contribution is -0.150. The van der Waals surface area contributed by atoms with Gasteiger partial charge in [-0.2, -0.15) is 0 Å². The minimum absolute atomic E-state index is 0.0550. The Labute approximate surface area is 98.8 Å². The van der Waals surface area contributed by atoms with E-state index in [1.54, 1.807) is 6.08 Å². The quantitative estimate of drug-likeness (QED) is 0.327. The van der Waals surface area contributed by atoms with Crippen LogP contribution in [-0.2, 0) is 14.3 Å². The van der Waals surface area contributed by atoms with Gasteiger partial charge in [0.15, 0.2) is 0 Å². The molecule has 0 aromatic rings. The summed E-state index contributed by atoms with van der Waals surface area (Å²) in [5, 5.41) is 0. The Bertz CT molecular complexity index is 190. The predicted octanol–water partition coefficient (Wildman–Crippen LogP) is 2.95. The maximum absolute atomic E-state index is 11.6. The Hall–Kier alpha value is -0.830. The van der Waals surface area contributed by atoms with Crippen molar-refractivity contribution in [2.75, 3.05) is 19.8 Å². The van der Waals surface area contributed by atoms with Gasteiger partial charge >= 0.3 is 5.97 Å². The molecule has 94 valence electrons. The van der Waals surface area contributed by atoms with Gasteiger partial charge in [0.05, 0.1) is 19.1 Å². The van der Waals surface area contributed by atoms with Crippen LogP contribution in [0.2, 0.25) is 0 Å². The molecular formula is C13H24O3. The van der Waals surface area contributed by atoms with Gasteiger partial charge in [-0.3, -0.25) is 4.79 Å². The molecular weight excluding hydrogens is 204 g/mol. The van der Waals surface area contributed by atoms with E-state index in [1.807, 2.05) is 6.92 Å². The molecule has 3 heteroatoms. The lowest BCUT2D eigenvalue weighted by Crippen LogP contribution is -2.19. The van der Waals surface area contributed by atoms with Gasteiger partial charge in [-0.1, -0.05) is 32.8 Å². The molecule has 0 bridgehead atoms. The molecule has 0 aliphatic carbocycles. The zero-order chi connectivity index (χ0) is 12.2. The SMILES string of the molecule is C=CCOCCOC(=O)C(CC)CCCC. The first kappa shape index (κ1) is 15.2. The van der Waals surface area contributed by atoms with Crippen LogP contribution in [0, 0.1) is 5.92 Å². The highest BCUT2D eigenvalue weighted by molar-refractivity contribution is 5.72. The number of rotatable bonds is 10. The van der Waals surface area contributed by atoms with Gasteiger partial charge in [-0.15, -0.1) is 6.58 Å². The van der Waals surface area contributed by atoms with Crippen molar-refractivity contribution < 1.29 is 14.3 Å². The molecule has 16 heavy (non-hydrogen) atoms. The van der Waals surface area contributed by atoms with E-state index in [-0.39, 0.29) is 11.9 Å². The number of esters is 1. The first-order chi connectivity index (χ1) is 7.76. The van der Waals surface area contributed by atoms with E-state index in [2.05, 4.69) is 13.5 Å².